The molecule has 19 heavy (non-hydrogen) atoms. The van der Waals surface area contributed by atoms with Crippen LogP contribution in [0.2, 0.25) is 5.02 Å². The first-order valence-electron chi connectivity index (χ1n) is 5.52. The number of nitrogens with two attached hydrogens (primary N) is 1. The van der Waals surface area contributed by atoms with Gasteiger partial charge in [-0.2, -0.15) is 0 Å². The molecule has 0 heterocycles. The zero-order valence-corrected chi connectivity index (χ0v) is 10.6. The predicted molar refractivity (Wildman–Crippen MR) is 72.5 cm³/mol. The largest absolute Gasteiger partial charge is 0.448 e. The molecule has 0 amide bonds. The first-order chi connectivity index (χ1) is 9.13. The molecule has 6 heteroatoms. The van der Waals surface area contributed by atoms with Crippen molar-refractivity contribution in [3.8, 4) is 11.5 Å². The van der Waals surface area contributed by atoms with Crippen molar-refractivity contribution in [2.24, 2.45) is 5.73 Å². The SMILES string of the molecule is NCc1cccc(Cl)c1Oc1ccccc1[N+](=O)[O-]. The van der Waals surface area contributed by atoms with E-state index < -0.39 is 4.92 Å². The van der Waals surface area contributed by atoms with Gasteiger partial charge in [0.25, 0.3) is 0 Å². The number of ether oxygens (including phenoxy) is 1. The normalized spacial score (nSPS) is 10.2. The van der Waals surface area contributed by atoms with E-state index >= 15 is 0 Å². The lowest BCUT2D eigenvalue weighted by Gasteiger charge is -2.11. The molecule has 0 bridgehead atoms. The van der Waals surface area contributed by atoms with Gasteiger partial charge in [-0.1, -0.05) is 35.9 Å². The van der Waals surface area contributed by atoms with Gasteiger partial charge in [-0.25, -0.2) is 0 Å². The third-order valence-electron chi connectivity index (χ3n) is 2.54. The average Bonchev–Trinajstić information content (AvgIpc) is 2.41. The summed E-state index contributed by atoms with van der Waals surface area (Å²) in [6.07, 6.45) is 0. The van der Waals surface area contributed by atoms with Crippen LogP contribution in [0.3, 0.4) is 0 Å². The molecule has 0 saturated heterocycles. The van der Waals surface area contributed by atoms with Crippen LogP contribution in [0.1, 0.15) is 5.56 Å². The summed E-state index contributed by atoms with van der Waals surface area (Å²) >= 11 is 6.04. The zero-order chi connectivity index (χ0) is 13.8. The number of hydrogen-bond acceptors (Lipinski definition) is 4. The predicted octanol–water partition coefficient (Wildman–Crippen LogP) is 3.50. The van der Waals surface area contributed by atoms with Crippen LogP contribution in [0.15, 0.2) is 42.5 Å². The second-order valence-electron chi connectivity index (χ2n) is 3.76. The van der Waals surface area contributed by atoms with E-state index in [-0.39, 0.29) is 18.0 Å². The van der Waals surface area contributed by atoms with Gasteiger partial charge in [-0.05, 0) is 12.1 Å². The Labute approximate surface area is 114 Å². The summed E-state index contributed by atoms with van der Waals surface area (Å²) in [6.45, 7) is 0.233. The Kier molecular flexibility index (Phi) is 3.99. The monoisotopic (exact) mass is 278 g/mol. The quantitative estimate of drug-likeness (QED) is 0.686. The van der Waals surface area contributed by atoms with Gasteiger partial charge in [0.2, 0.25) is 5.75 Å². The molecule has 0 aliphatic carbocycles. The number of hydrogen-bond donors (Lipinski definition) is 1. The molecule has 2 aromatic rings. The van der Waals surface area contributed by atoms with Crippen molar-refractivity contribution in [1.82, 2.24) is 0 Å². The van der Waals surface area contributed by atoms with Gasteiger partial charge in [0, 0.05) is 18.2 Å². The van der Waals surface area contributed by atoms with E-state index in [1.165, 1.54) is 12.1 Å². The fourth-order valence-electron chi connectivity index (χ4n) is 1.63. The summed E-state index contributed by atoms with van der Waals surface area (Å²) in [4.78, 5) is 10.4. The number of para-hydroxylation sites is 3. The first kappa shape index (κ1) is 13.3. The van der Waals surface area contributed by atoms with Crippen molar-refractivity contribution in [3.05, 3.63) is 63.2 Å². The minimum atomic E-state index is -0.506. The molecule has 0 saturated carbocycles. The number of nitro benzene ring substituents is 1. The molecule has 0 spiro atoms. The van der Waals surface area contributed by atoms with E-state index in [1.54, 1.807) is 30.3 Å². The van der Waals surface area contributed by atoms with Gasteiger partial charge >= 0.3 is 5.69 Å². The van der Waals surface area contributed by atoms with Crippen LogP contribution in [0.5, 0.6) is 11.5 Å². The van der Waals surface area contributed by atoms with Crippen LogP contribution in [-0.4, -0.2) is 4.92 Å². The highest BCUT2D eigenvalue weighted by molar-refractivity contribution is 6.32. The van der Waals surface area contributed by atoms with Gasteiger partial charge in [-0.3, -0.25) is 10.1 Å². The summed E-state index contributed by atoms with van der Waals surface area (Å²) in [5, 5.41) is 11.3. The molecule has 2 aromatic carbocycles. The summed E-state index contributed by atoms with van der Waals surface area (Å²) < 4.78 is 5.57. The van der Waals surface area contributed by atoms with Crippen LogP contribution in [0.25, 0.3) is 0 Å². The number of rotatable bonds is 4. The van der Waals surface area contributed by atoms with E-state index in [9.17, 15) is 10.1 Å². The van der Waals surface area contributed by atoms with Crippen molar-refractivity contribution in [1.29, 1.82) is 0 Å². The van der Waals surface area contributed by atoms with E-state index in [4.69, 9.17) is 22.1 Å². The smallest absolute Gasteiger partial charge is 0.311 e. The fourth-order valence-corrected chi connectivity index (χ4v) is 1.87. The molecular weight excluding hydrogens is 268 g/mol. The lowest BCUT2D eigenvalue weighted by molar-refractivity contribution is -0.385. The van der Waals surface area contributed by atoms with Gasteiger partial charge in [0.15, 0.2) is 5.75 Å². The highest BCUT2D eigenvalue weighted by atomic mass is 35.5. The molecule has 0 radical (unpaired) electrons. The average molecular weight is 279 g/mol. The van der Waals surface area contributed by atoms with Crippen LogP contribution in [-0.2, 0) is 6.54 Å². The molecule has 0 aromatic heterocycles. The maximum absolute atomic E-state index is 10.9. The standard InChI is InChI=1S/C13H11ClN2O3/c14-10-5-3-4-9(8-15)13(10)19-12-7-2-1-6-11(12)16(17)18/h1-7H,8,15H2. The Morgan fingerprint density at radius 2 is 1.95 bits per heavy atom. The third kappa shape index (κ3) is 2.83. The highest BCUT2D eigenvalue weighted by Gasteiger charge is 2.17. The van der Waals surface area contributed by atoms with Crippen molar-refractivity contribution < 1.29 is 9.66 Å². The molecule has 2 rings (SSSR count). The number of benzene rings is 2. The minimum absolute atomic E-state index is 0.120. The van der Waals surface area contributed by atoms with Gasteiger partial charge in [0.05, 0.1) is 9.95 Å². The third-order valence-corrected chi connectivity index (χ3v) is 2.84. The van der Waals surface area contributed by atoms with Crippen molar-refractivity contribution in [2.75, 3.05) is 0 Å². The minimum Gasteiger partial charge on any atom is -0.448 e. The van der Waals surface area contributed by atoms with Gasteiger partial charge in [-0.15, -0.1) is 0 Å². The van der Waals surface area contributed by atoms with E-state index in [1.807, 2.05) is 0 Å². The second-order valence-corrected chi connectivity index (χ2v) is 4.17. The molecule has 0 atom stereocenters. The number of nitro groups is 1. The van der Waals surface area contributed by atoms with Gasteiger partial charge < -0.3 is 10.5 Å². The maximum Gasteiger partial charge on any atom is 0.311 e. The zero-order valence-electron chi connectivity index (χ0n) is 9.88. The summed E-state index contributed by atoms with van der Waals surface area (Å²) in [6, 6.07) is 11.3. The Hall–Kier alpha value is -2.11. The Balaban J connectivity index is 2.45. The molecule has 2 N–H and O–H groups in total. The van der Waals surface area contributed by atoms with Gasteiger partial charge in [0.1, 0.15) is 0 Å². The van der Waals surface area contributed by atoms with Crippen LogP contribution in [0.4, 0.5) is 5.69 Å². The Bertz CT molecular complexity index is 617. The van der Waals surface area contributed by atoms with Crippen molar-refractivity contribution in [3.63, 3.8) is 0 Å². The van der Waals surface area contributed by atoms with Crippen LogP contribution >= 0.6 is 11.6 Å². The lowest BCUT2D eigenvalue weighted by Crippen LogP contribution is -2.01. The lowest BCUT2D eigenvalue weighted by atomic mass is 10.2. The Morgan fingerprint density at radius 3 is 2.63 bits per heavy atom. The molecule has 0 aliphatic heterocycles. The Morgan fingerprint density at radius 1 is 1.21 bits per heavy atom. The summed E-state index contributed by atoms with van der Waals surface area (Å²) in [7, 11) is 0. The number of nitrogens with zero attached hydrogens (tertiary/aromatic N) is 1. The van der Waals surface area contributed by atoms with Crippen LogP contribution in [0, 0.1) is 10.1 Å². The second kappa shape index (κ2) is 5.69. The fraction of sp³-hybridized carbons (Fsp3) is 0.0769. The van der Waals surface area contributed by atoms with Crippen molar-refractivity contribution in [2.45, 2.75) is 6.54 Å². The molecule has 98 valence electrons. The van der Waals surface area contributed by atoms with Crippen molar-refractivity contribution >= 4 is 17.3 Å². The van der Waals surface area contributed by atoms with E-state index in [0.717, 1.165) is 0 Å². The topological polar surface area (TPSA) is 78.4 Å². The van der Waals surface area contributed by atoms with E-state index in [0.29, 0.717) is 16.3 Å². The molecular formula is C13H11ClN2O3. The molecule has 5 nitrogen and oxygen atoms in total. The maximum atomic E-state index is 10.9. The first-order valence-corrected chi connectivity index (χ1v) is 5.90. The molecule has 0 fully saturated rings. The summed E-state index contributed by atoms with van der Waals surface area (Å²) in [5.74, 6) is 0.483. The molecule has 0 aliphatic rings. The summed E-state index contributed by atoms with van der Waals surface area (Å²) in [5.41, 5.74) is 6.16. The van der Waals surface area contributed by atoms with E-state index in [2.05, 4.69) is 0 Å². The van der Waals surface area contributed by atoms with Crippen LogP contribution < -0.4 is 10.5 Å². The highest BCUT2D eigenvalue weighted by Crippen LogP contribution is 2.36. The molecule has 0 unspecified atom stereocenters. The number of halogens is 1.